The highest BCUT2D eigenvalue weighted by molar-refractivity contribution is 5.62. The second kappa shape index (κ2) is 5.04. The molecule has 90 valence electrons. The Morgan fingerprint density at radius 2 is 1.94 bits per heavy atom. The average molecular weight is 229 g/mol. The number of rotatable bonds is 4. The maximum Gasteiger partial charge on any atom is 0.148 e. The minimum atomic E-state index is 0.620. The molecule has 0 saturated heterocycles. The van der Waals surface area contributed by atoms with Crippen LogP contribution in [0.15, 0.2) is 30.3 Å². The summed E-state index contributed by atoms with van der Waals surface area (Å²) < 4.78 is 0. The van der Waals surface area contributed by atoms with Crippen LogP contribution in [-0.2, 0) is 0 Å². The van der Waals surface area contributed by atoms with Gasteiger partial charge in [-0.15, -0.1) is 0 Å². The molecule has 1 heterocycles. The lowest BCUT2D eigenvalue weighted by atomic mass is 10.1. The van der Waals surface area contributed by atoms with Gasteiger partial charge in [-0.25, -0.2) is 0 Å². The fourth-order valence-corrected chi connectivity index (χ4v) is 1.60. The Labute approximate surface area is 102 Å². The Balaban J connectivity index is 2.10. The fourth-order valence-electron chi connectivity index (χ4n) is 1.60. The Hall–Kier alpha value is -1.77. The zero-order chi connectivity index (χ0) is 12.3. The first-order valence-corrected chi connectivity index (χ1v) is 6.01. The van der Waals surface area contributed by atoms with Crippen LogP contribution in [0, 0.1) is 12.8 Å². The topological polar surface area (TPSA) is 40.7 Å². The van der Waals surface area contributed by atoms with Crippen molar-refractivity contribution in [3.8, 4) is 11.3 Å². The van der Waals surface area contributed by atoms with Crippen molar-refractivity contribution in [2.24, 2.45) is 5.92 Å². The highest BCUT2D eigenvalue weighted by Gasteiger charge is 2.03. The van der Waals surface area contributed by atoms with Gasteiger partial charge in [-0.3, -0.25) is 5.10 Å². The monoisotopic (exact) mass is 229 g/mol. The Bertz CT molecular complexity index is 468. The molecule has 0 radical (unpaired) electrons. The van der Waals surface area contributed by atoms with Crippen LogP contribution in [0.4, 0.5) is 5.82 Å². The number of nitrogens with one attached hydrogen (secondary N) is 2. The lowest BCUT2D eigenvalue weighted by molar-refractivity contribution is 0.687. The van der Waals surface area contributed by atoms with Crippen LogP contribution in [0.5, 0.6) is 0 Å². The summed E-state index contributed by atoms with van der Waals surface area (Å²) in [5.41, 5.74) is 3.49. The third-order valence-corrected chi connectivity index (χ3v) is 2.63. The van der Waals surface area contributed by atoms with E-state index in [4.69, 9.17) is 0 Å². The third kappa shape index (κ3) is 3.09. The molecule has 0 aliphatic rings. The molecule has 0 saturated carbocycles. The summed E-state index contributed by atoms with van der Waals surface area (Å²) in [6.07, 6.45) is 0. The Morgan fingerprint density at radius 3 is 2.59 bits per heavy atom. The van der Waals surface area contributed by atoms with E-state index in [1.54, 1.807) is 0 Å². The molecule has 0 bridgehead atoms. The highest BCUT2D eigenvalue weighted by atomic mass is 15.2. The van der Waals surface area contributed by atoms with Gasteiger partial charge in [-0.1, -0.05) is 43.7 Å². The molecule has 0 fully saturated rings. The quantitative estimate of drug-likeness (QED) is 0.843. The zero-order valence-corrected chi connectivity index (χ0v) is 10.6. The van der Waals surface area contributed by atoms with Gasteiger partial charge < -0.3 is 5.32 Å². The number of aryl methyl sites for hydroxylation is 1. The normalized spacial score (nSPS) is 10.8. The second-order valence-corrected chi connectivity index (χ2v) is 4.81. The molecule has 2 aromatic rings. The lowest BCUT2D eigenvalue weighted by Gasteiger charge is -2.04. The fraction of sp³-hybridized carbons (Fsp3) is 0.357. The standard InChI is InChI=1S/C14H19N3/c1-10(2)9-15-14-8-13(16-17-14)12-6-4-11(3)5-7-12/h4-8,10H,9H2,1-3H3,(H2,15,16,17). The summed E-state index contributed by atoms with van der Waals surface area (Å²) in [7, 11) is 0. The van der Waals surface area contributed by atoms with Gasteiger partial charge in [0.2, 0.25) is 0 Å². The van der Waals surface area contributed by atoms with E-state index < -0.39 is 0 Å². The van der Waals surface area contributed by atoms with Gasteiger partial charge in [-0.2, -0.15) is 5.10 Å². The number of aromatic nitrogens is 2. The van der Waals surface area contributed by atoms with Gasteiger partial charge in [0.1, 0.15) is 5.82 Å². The van der Waals surface area contributed by atoms with E-state index in [0.29, 0.717) is 5.92 Å². The van der Waals surface area contributed by atoms with Crippen LogP contribution in [0.25, 0.3) is 11.3 Å². The first-order valence-electron chi connectivity index (χ1n) is 6.01. The molecule has 0 aliphatic heterocycles. The van der Waals surface area contributed by atoms with Gasteiger partial charge in [0, 0.05) is 12.6 Å². The minimum Gasteiger partial charge on any atom is -0.368 e. The zero-order valence-electron chi connectivity index (χ0n) is 10.6. The maximum absolute atomic E-state index is 4.25. The van der Waals surface area contributed by atoms with Crippen molar-refractivity contribution in [1.82, 2.24) is 10.2 Å². The third-order valence-electron chi connectivity index (χ3n) is 2.63. The van der Waals surface area contributed by atoms with Crippen LogP contribution in [-0.4, -0.2) is 16.7 Å². The van der Waals surface area contributed by atoms with Gasteiger partial charge in [0.25, 0.3) is 0 Å². The molecule has 3 heteroatoms. The van der Waals surface area contributed by atoms with Crippen molar-refractivity contribution in [1.29, 1.82) is 0 Å². The Morgan fingerprint density at radius 1 is 1.24 bits per heavy atom. The number of nitrogens with zero attached hydrogens (tertiary/aromatic N) is 1. The first kappa shape index (κ1) is 11.7. The van der Waals surface area contributed by atoms with Crippen LogP contribution in [0.1, 0.15) is 19.4 Å². The summed E-state index contributed by atoms with van der Waals surface area (Å²) in [4.78, 5) is 0. The number of anilines is 1. The van der Waals surface area contributed by atoms with E-state index in [1.165, 1.54) is 11.1 Å². The maximum atomic E-state index is 4.25. The molecule has 17 heavy (non-hydrogen) atoms. The summed E-state index contributed by atoms with van der Waals surface area (Å²) in [5, 5.41) is 10.6. The summed E-state index contributed by atoms with van der Waals surface area (Å²) in [5.74, 6) is 1.53. The van der Waals surface area contributed by atoms with Crippen LogP contribution in [0.2, 0.25) is 0 Å². The predicted octanol–water partition coefficient (Wildman–Crippen LogP) is 3.45. The van der Waals surface area contributed by atoms with E-state index in [0.717, 1.165) is 18.1 Å². The Kier molecular flexibility index (Phi) is 3.47. The first-order chi connectivity index (χ1) is 8.15. The van der Waals surface area contributed by atoms with Crippen molar-refractivity contribution >= 4 is 5.82 Å². The van der Waals surface area contributed by atoms with Crippen LogP contribution in [0.3, 0.4) is 0 Å². The number of hydrogen-bond donors (Lipinski definition) is 2. The van der Waals surface area contributed by atoms with Crippen LogP contribution >= 0.6 is 0 Å². The number of benzene rings is 1. The van der Waals surface area contributed by atoms with Crippen molar-refractivity contribution in [2.45, 2.75) is 20.8 Å². The largest absolute Gasteiger partial charge is 0.368 e. The molecule has 0 spiro atoms. The predicted molar refractivity (Wildman–Crippen MR) is 72.1 cm³/mol. The van der Waals surface area contributed by atoms with Crippen LogP contribution < -0.4 is 5.32 Å². The molecule has 1 aromatic carbocycles. The second-order valence-electron chi connectivity index (χ2n) is 4.81. The lowest BCUT2D eigenvalue weighted by Crippen LogP contribution is -2.07. The number of hydrogen-bond acceptors (Lipinski definition) is 2. The molecule has 0 aliphatic carbocycles. The van der Waals surface area contributed by atoms with Crippen molar-refractivity contribution in [3.63, 3.8) is 0 Å². The molecule has 0 atom stereocenters. The molecule has 0 unspecified atom stereocenters. The van der Waals surface area contributed by atoms with E-state index in [9.17, 15) is 0 Å². The van der Waals surface area contributed by atoms with E-state index in [1.807, 2.05) is 6.07 Å². The van der Waals surface area contributed by atoms with Gasteiger partial charge in [0.15, 0.2) is 0 Å². The molecule has 1 aromatic heterocycles. The van der Waals surface area contributed by atoms with Crippen molar-refractivity contribution < 1.29 is 0 Å². The molecule has 3 nitrogen and oxygen atoms in total. The summed E-state index contributed by atoms with van der Waals surface area (Å²) in [6.45, 7) is 7.39. The van der Waals surface area contributed by atoms with E-state index >= 15 is 0 Å². The number of H-pyrrole nitrogens is 1. The molecule has 2 rings (SSSR count). The van der Waals surface area contributed by atoms with Crippen molar-refractivity contribution in [2.75, 3.05) is 11.9 Å². The van der Waals surface area contributed by atoms with Gasteiger partial charge in [0.05, 0.1) is 5.69 Å². The highest BCUT2D eigenvalue weighted by Crippen LogP contribution is 2.20. The van der Waals surface area contributed by atoms with Gasteiger partial charge >= 0.3 is 0 Å². The number of aromatic amines is 1. The van der Waals surface area contributed by atoms with Crippen molar-refractivity contribution in [3.05, 3.63) is 35.9 Å². The molecular weight excluding hydrogens is 210 g/mol. The van der Waals surface area contributed by atoms with E-state index in [-0.39, 0.29) is 0 Å². The minimum absolute atomic E-state index is 0.620. The van der Waals surface area contributed by atoms with Gasteiger partial charge in [-0.05, 0) is 18.4 Å². The molecular formula is C14H19N3. The molecule has 0 amide bonds. The summed E-state index contributed by atoms with van der Waals surface area (Å²) in [6, 6.07) is 10.5. The average Bonchev–Trinajstić information content (AvgIpc) is 2.76. The molecule has 2 N–H and O–H groups in total. The van der Waals surface area contributed by atoms with E-state index in [2.05, 4.69) is 60.6 Å². The smallest absolute Gasteiger partial charge is 0.148 e. The SMILES string of the molecule is Cc1ccc(-c2cc(NCC(C)C)n[nH]2)cc1. The summed E-state index contributed by atoms with van der Waals surface area (Å²) >= 11 is 0.